The Labute approximate surface area is 159 Å². The fourth-order valence-corrected chi connectivity index (χ4v) is 3.39. The third kappa shape index (κ3) is 2.90. The maximum Gasteiger partial charge on any atom is 0.255 e. The number of anilines is 2. The van der Waals surface area contributed by atoms with Crippen LogP contribution in [0.5, 0.6) is 0 Å². The molecule has 2 heterocycles. The summed E-state index contributed by atoms with van der Waals surface area (Å²) in [6.07, 6.45) is 3.02. The van der Waals surface area contributed by atoms with Crippen molar-refractivity contribution in [3.05, 3.63) is 90.3 Å². The van der Waals surface area contributed by atoms with Gasteiger partial charge < -0.3 is 5.32 Å². The first kappa shape index (κ1) is 17.8. The number of nitrogens with one attached hydrogen (secondary N) is 1. The van der Waals surface area contributed by atoms with Crippen molar-refractivity contribution < 1.29 is 18.4 Å². The summed E-state index contributed by atoms with van der Waals surface area (Å²) in [5, 5.41) is 2.75. The molecule has 1 fully saturated rings. The van der Waals surface area contributed by atoms with Crippen molar-refractivity contribution in [3.63, 3.8) is 0 Å². The van der Waals surface area contributed by atoms with Gasteiger partial charge in [-0.25, -0.2) is 8.78 Å². The third-order valence-corrected chi connectivity index (χ3v) is 4.76. The van der Waals surface area contributed by atoms with Crippen molar-refractivity contribution in [2.75, 3.05) is 10.2 Å². The predicted octanol–water partition coefficient (Wildman–Crippen LogP) is 3.63. The number of benzene rings is 2. The van der Waals surface area contributed by atoms with Gasteiger partial charge in [0.1, 0.15) is 11.6 Å². The summed E-state index contributed by atoms with van der Waals surface area (Å²) >= 11 is 0. The van der Waals surface area contributed by atoms with Gasteiger partial charge in [-0.15, -0.1) is 0 Å². The first-order valence-corrected chi connectivity index (χ1v) is 8.57. The molecule has 140 valence electrons. The first-order valence-electron chi connectivity index (χ1n) is 8.57. The van der Waals surface area contributed by atoms with E-state index in [-0.39, 0.29) is 12.3 Å². The Morgan fingerprint density at radius 2 is 1.50 bits per heavy atom. The van der Waals surface area contributed by atoms with E-state index in [9.17, 15) is 18.4 Å². The second kappa shape index (κ2) is 6.84. The van der Waals surface area contributed by atoms with E-state index in [1.54, 1.807) is 12.1 Å². The molecule has 2 amide bonds. The lowest BCUT2D eigenvalue weighted by Gasteiger charge is -2.50. The molecule has 3 aromatic rings. The summed E-state index contributed by atoms with van der Waals surface area (Å²) in [6.45, 7) is 0. The number of carbonyl (C=O) groups excluding carboxylic acids is 2. The maximum absolute atomic E-state index is 13.3. The maximum atomic E-state index is 13.3. The smallest absolute Gasteiger partial charge is 0.255 e. The number of rotatable bonds is 4. The van der Waals surface area contributed by atoms with Gasteiger partial charge in [-0.05, 0) is 66.2 Å². The summed E-state index contributed by atoms with van der Waals surface area (Å²) in [5.41, 5.74) is 0.0691. The Kier molecular flexibility index (Phi) is 4.35. The standard InChI is InChI=1S/C21H15F2N3O2/c22-15-1-5-17(6-2-15)25-20(28)21(14-9-11-24-12-10-14)13-19(27)26(21)18-7-3-16(23)4-8-18/h1-12H,13H2,(H,25,28). The first-order chi connectivity index (χ1) is 13.5. The zero-order valence-corrected chi connectivity index (χ0v) is 14.6. The Hall–Kier alpha value is -3.61. The summed E-state index contributed by atoms with van der Waals surface area (Å²) in [5.74, 6) is -1.58. The van der Waals surface area contributed by atoms with Crippen LogP contribution in [0.2, 0.25) is 0 Å². The van der Waals surface area contributed by atoms with Crippen LogP contribution in [0.15, 0.2) is 73.1 Å². The lowest BCUT2D eigenvalue weighted by Crippen LogP contribution is -2.67. The highest BCUT2D eigenvalue weighted by molar-refractivity contribution is 6.17. The fourth-order valence-electron chi connectivity index (χ4n) is 3.39. The molecule has 1 aromatic heterocycles. The Balaban J connectivity index is 1.77. The normalized spacial score (nSPS) is 18.5. The molecule has 2 aromatic carbocycles. The average Bonchev–Trinajstić information content (AvgIpc) is 2.70. The van der Waals surface area contributed by atoms with Gasteiger partial charge in [-0.1, -0.05) is 0 Å². The minimum Gasteiger partial charge on any atom is -0.324 e. The van der Waals surface area contributed by atoms with Crippen molar-refractivity contribution in [1.29, 1.82) is 0 Å². The summed E-state index contributed by atoms with van der Waals surface area (Å²) in [4.78, 5) is 31.1. The van der Waals surface area contributed by atoms with Crippen molar-refractivity contribution in [2.24, 2.45) is 0 Å². The van der Waals surface area contributed by atoms with Gasteiger partial charge in [-0.2, -0.15) is 0 Å². The molecule has 1 aliphatic rings. The van der Waals surface area contributed by atoms with Gasteiger partial charge in [0.15, 0.2) is 5.54 Å². The molecule has 4 rings (SSSR count). The number of hydrogen-bond donors (Lipinski definition) is 1. The quantitative estimate of drug-likeness (QED) is 0.704. The molecule has 1 N–H and O–H groups in total. The molecular formula is C21H15F2N3O2. The monoisotopic (exact) mass is 379 g/mol. The molecule has 1 unspecified atom stereocenters. The lowest BCUT2D eigenvalue weighted by atomic mass is 9.76. The number of aromatic nitrogens is 1. The van der Waals surface area contributed by atoms with Crippen LogP contribution in [0.4, 0.5) is 20.2 Å². The van der Waals surface area contributed by atoms with Crippen LogP contribution in [0.3, 0.4) is 0 Å². The van der Waals surface area contributed by atoms with E-state index in [1.807, 2.05) is 0 Å². The van der Waals surface area contributed by atoms with Crippen LogP contribution >= 0.6 is 0 Å². The lowest BCUT2D eigenvalue weighted by molar-refractivity contribution is -0.137. The van der Waals surface area contributed by atoms with E-state index in [1.165, 1.54) is 65.8 Å². The number of pyridine rings is 1. The van der Waals surface area contributed by atoms with E-state index in [2.05, 4.69) is 10.3 Å². The number of hydrogen-bond acceptors (Lipinski definition) is 3. The minimum atomic E-state index is -1.31. The second-order valence-electron chi connectivity index (χ2n) is 6.44. The minimum absolute atomic E-state index is 0.0541. The number of carbonyl (C=O) groups is 2. The molecule has 5 nitrogen and oxygen atoms in total. The topological polar surface area (TPSA) is 62.3 Å². The van der Waals surface area contributed by atoms with Gasteiger partial charge in [0.05, 0.1) is 6.42 Å². The van der Waals surface area contributed by atoms with Crippen molar-refractivity contribution >= 4 is 23.2 Å². The molecule has 7 heteroatoms. The number of nitrogens with zero attached hydrogens (tertiary/aromatic N) is 2. The van der Waals surface area contributed by atoms with Crippen LogP contribution in [0.25, 0.3) is 0 Å². The van der Waals surface area contributed by atoms with Crippen LogP contribution in [0.1, 0.15) is 12.0 Å². The van der Waals surface area contributed by atoms with E-state index in [0.29, 0.717) is 16.9 Å². The van der Waals surface area contributed by atoms with E-state index in [4.69, 9.17) is 0 Å². The highest BCUT2D eigenvalue weighted by Gasteiger charge is 2.58. The predicted molar refractivity (Wildman–Crippen MR) is 99.4 cm³/mol. The fraction of sp³-hybridized carbons (Fsp3) is 0.0952. The van der Waals surface area contributed by atoms with Crippen molar-refractivity contribution in [2.45, 2.75) is 12.0 Å². The van der Waals surface area contributed by atoms with Crippen LogP contribution in [-0.2, 0) is 15.1 Å². The zero-order chi connectivity index (χ0) is 19.7. The van der Waals surface area contributed by atoms with Crippen LogP contribution in [0, 0.1) is 11.6 Å². The molecule has 1 saturated heterocycles. The molecule has 0 aliphatic carbocycles. The Morgan fingerprint density at radius 1 is 0.929 bits per heavy atom. The van der Waals surface area contributed by atoms with Gasteiger partial charge in [0, 0.05) is 23.8 Å². The molecule has 1 aliphatic heterocycles. The van der Waals surface area contributed by atoms with Crippen LogP contribution in [-0.4, -0.2) is 16.8 Å². The Morgan fingerprint density at radius 3 is 2.07 bits per heavy atom. The highest BCUT2D eigenvalue weighted by atomic mass is 19.1. The third-order valence-electron chi connectivity index (χ3n) is 4.76. The summed E-state index contributed by atoms with van der Waals surface area (Å²) < 4.78 is 26.5. The van der Waals surface area contributed by atoms with Crippen molar-refractivity contribution in [1.82, 2.24) is 4.98 Å². The van der Waals surface area contributed by atoms with Gasteiger partial charge in [0.2, 0.25) is 5.91 Å². The molecule has 1 atom stereocenters. The van der Waals surface area contributed by atoms with Gasteiger partial charge >= 0.3 is 0 Å². The molecular weight excluding hydrogens is 364 g/mol. The highest BCUT2D eigenvalue weighted by Crippen LogP contribution is 2.45. The number of β-lactam (4-membered cyclic amide) rings is 1. The number of amides is 2. The molecule has 0 bridgehead atoms. The molecule has 0 saturated carbocycles. The van der Waals surface area contributed by atoms with Crippen molar-refractivity contribution in [3.8, 4) is 0 Å². The Bertz CT molecular complexity index is 1020. The molecule has 0 radical (unpaired) electrons. The summed E-state index contributed by atoms with van der Waals surface area (Å²) in [7, 11) is 0. The van der Waals surface area contributed by atoms with Gasteiger partial charge in [-0.3, -0.25) is 19.5 Å². The molecule has 0 spiro atoms. The van der Waals surface area contributed by atoms with E-state index >= 15 is 0 Å². The average molecular weight is 379 g/mol. The number of halogens is 2. The molecule has 28 heavy (non-hydrogen) atoms. The second-order valence-corrected chi connectivity index (χ2v) is 6.44. The SMILES string of the molecule is O=C1CC(C(=O)Nc2ccc(F)cc2)(c2ccncc2)N1c1ccc(F)cc1. The van der Waals surface area contributed by atoms with E-state index in [0.717, 1.165) is 0 Å². The summed E-state index contributed by atoms with van der Waals surface area (Å²) in [6, 6.07) is 14.0. The van der Waals surface area contributed by atoms with Gasteiger partial charge in [0.25, 0.3) is 5.91 Å². The van der Waals surface area contributed by atoms with Crippen LogP contribution < -0.4 is 10.2 Å². The largest absolute Gasteiger partial charge is 0.324 e. The van der Waals surface area contributed by atoms with E-state index < -0.39 is 23.1 Å². The zero-order valence-electron chi connectivity index (χ0n) is 14.6.